The molecule has 4 rings (SSSR count). The fourth-order valence-electron chi connectivity index (χ4n) is 4.24. The summed E-state index contributed by atoms with van der Waals surface area (Å²) in [4.78, 5) is 16.0. The summed E-state index contributed by atoms with van der Waals surface area (Å²) in [6, 6.07) is 11.5. The Morgan fingerprint density at radius 2 is 1.62 bits per heavy atom. The van der Waals surface area contributed by atoms with E-state index >= 15 is 0 Å². The van der Waals surface area contributed by atoms with Crippen LogP contribution in [0.2, 0.25) is 0 Å². The van der Waals surface area contributed by atoms with Gasteiger partial charge < -0.3 is 9.80 Å². The Labute approximate surface area is 172 Å². The monoisotopic (exact) mass is 413 g/mol. The third-order valence-electron chi connectivity index (χ3n) is 5.91. The van der Waals surface area contributed by atoms with Crippen LogP contribution in [-0.4, -0.2) is 51.4 Å². The summed E-state index contributed by atoms with van der Waals surface area (Å²) < 4.78 is 28.0. The third kappa shape index (κ3) is 3.65. The molecule has 29 heavy (non-hydrogen) atoms. The molecule has 0 saturated carbocycles. The zero-order chi connectivity index (χ0) is 20.8. The van der Waals surface area contributed by atoms with Gasteiger partial charge in [-0.2, -0.15) is 4.31 Å². The molecule has 1 fully saturated rings. The van der Waals surface area contributed by atoms with Crippen molar-refractivity contribution in [3.05, 3.63) is 53.1 Å². The highest BCUT2D eigenvalue weighted by Gasteiger charge is 2.31. The van der Waals surface area contributed by atoms with Gasteiger partial charge in [-0.1, -0.05) is 12.1 Å². The molecule has 2 heterocycles. The van der Waals surface area contributed by atoms with Crippen molar-refractivity contribution in [2.75, 3.05) is 42.5 Å². The molecule has 2 aromatic rings. The fourth-order valence-corrected chi connectivity index (χ4v) is 5.72. The van der Waals surface area contributed by atoms with Gasteiger partial charge in [0.15, 0.2) is 0 Å². The lowest BCUT2D eigenvalue weighted by atomic mass is 10.1. The zero-order valence-corrected chi connectivity index (χ0v) is 18.0. The molecular formula is C22H27N3O3S. The van der Waals surface area contributed by atoms with Crippen molar-refractivity contribution < 1.29 is 13.2 Å². The van der Waals surface area contributed by atoms with Crippen LogP contribution >= 0.6 is 0 Å². The molecule has 0 aliphatic carbocycles. The number of hydrogen-bond acceptors (Lipinski definition) is 4. The number of carbonyl (C=O) groups is 1. The normalized spacial score (nSPS) is 17.5. The van der Waals surface area contributed by atoms with Gasteiger partial charge in [0.2, 0.25) is 15.9 Å². The molecule has 0 radical (unpaired) electrons. The van der Waals surface area contributed by atoms with Crippen molar-refractivity contribution in [1.29, 1.82) is 0 Å². The number of carbonyl (C=O) groups excluding carboxylic acids is 1. The molecule has 1 saturated heterocycles. The maximum Gasteiger partial charge on any atom is 0.243 e. The van der Waals surface area contributed by atoms with E-state index in [2.05, 4.69) is 36.9 Å². The number of benzene rings is 2. The summed E-state index contributed by atoms with van der Waals surface area (Å²) in [5.74, 6) is -0.0121. The first-order valence-corrected chi connectivity index (χ1v) is 11.4. The Balaban J connectivity index is 1.51. The summed E-state index contributed by atoms with van der Waals surface area (Å²) in [5, 5.41) is 0. The quantitative estimate of drug-likeness (QED) is 0.776. The van der Waals surface area contributed by atoms with E-state index in [4.69, 9.17) is 0 Å². The molecule has 154 valence electrons. The maximum absolute atomic E-state index is 13.2. The fraction of sp³-hybridized carbons (Fsp3) is 0.409. The standard InChI is InChI=1S/C22H27N3O3S/c1-16-4-5-17(2)22(14-16)23-10-12-24(13-11-23)29(27,28)20-6-7-21-19(15-20)8-9-25(21)18(3)26/h4-7,14-15H,8-13H2,1-3H3. The molecule has 6 nitrogen and oxygen atoms in total. The van der Waals surface area contributed by atoms with Crippen LogP contribution in [0.4, 0.5) is 11.4 Å². The van der Waals surface area contributed by atoms with E-state index in [0.29, 0.717) is 44.0 Å². The minimum absolute atomic E-state index is 0.0121. The van der Waals surface area contributed by atoms with E-state index in [-0.39, 0.29) is 5.91 Å². The predicted octanol–water partition coefficient (Wildman–Crippen LogP) is 2.72. The van der Waals surface area contributed by atoms with E-state index in [0.717, 1.165) is 11.3 Å². The first-order chi connectivity index (χ1) is 13.8. The van der Waals surface area contributed by atoms with Crippen LogP contribution < -0.4 is 9.80 Å². The second-order valence-corrected chi connectivity index (χ2v) is 9.83. The largest absolute Gasteiger partial charge is 0.369 e. The zero-order valence-electron chi connectivity index (χ0n) is 17.2. The summed E-state index contributed by atoms with van der Waals surface area (Å²) in [6.45, 7) is 8.59. The third-order valence-corrected chi connectivity index (χ3v) is 7.80. The SMILES string of the molecule is CC(=O)N1CCc2cc(S(=O)(=O)N3CCN(c4cc(C)ccc4C)CC3)ccc21. The number of rotatable bonds is 3. The topological polar surface area (TPSA) is 60.9 Å². The van der Waals surface area contributed by atoms with Crippen molar-refractivity contribution in [1.82, 2.24) is 4.31 Å². The van der Waals surface area contributed by atoms with Crippen molar-refractivity contribution in [3.63, 3.8) is 0 Å². The first-order valence-electron chi connectivity index (χ1n) is 10.0. The van der Waals surface area contributed by atoms with Gasteiger partial charge in [0.1, 0.15) is 0 Å². The number of nitrogens with zero attached hydrogens (tertiary/aromatic N) is 3. The van der Waals surface area contributed by atoms with E-state index in [1.54, 1.807) is 27.4 Å². The lowest BCUT2D eigenvalue weighted by molar-refractivity contribution is -0.116. The molecular weight excluding hydrogens is 386 g/mol. The van der Waals surface area contributed by atoms with Crippen molar-refractivity contribution >= 4 is 27.3 Å². The van der Waals surface area contributed by atoms with Crippen LogP contribution in [0.3, 0.4) is 0 Å². The van der Waals surface area contributed by atoms with E-state index in [1.807, 2.05) is 0 Å². The van der Waals surface area contributed by atoms with Gasteiger partial charge in [-0.25, -0.2) is 8.42 Å². The highest BCUT2D eigenvalue weighted by Crippen LogP contribution is 2.32. The Morgan fingerprint density at radius 1 is 0.897 bits per heavy atom. The molecule has 7 heteroatoms. The van der Waals surface area contributed by atoms with Crippen molar-refractivity contribution in [2.24, 2.45) is 0 Å². The number of anilines is 2. The van der Waals surface area contributed by atoms with Crippen LogP contribution in [0.25, 0.3) is 0 Å². The number of amides is 1. The van der Waals surface area contributed by atoms with Gasteiger partial charge in [0, 0.05) is 51.0 Å². The second-order valence-electron chi connectivity index (χ2n) is 7.89. The number of fused-ring (bicyclic) bond motifs is 1. The smallest absolute Gasteiger partial charge is 0.243 e. The molecule has 0 spiro atoms. The Hall–Kier alpha value is -2.38. The average molecular weight is 414 g/mol. The van der Waals surface area contributed by atoms with Crippen LogP contribution in [0.15, 0.2) is 41.3 Å². The van der Waals surface area contributed by atoms with Crippen LogP contribution in [0.1, 0.15) is 23.6 Å². The van der Waals surface area contributed by atoms with E-state index in [9.17, 15) is 13.2 Å². The summed E-state index contributed by atoms with van der Waals surface area (Å²) in [7, 11) is -3.54. The molecule has 2 aliphatic rings. The summed E-state index contributed by atoms with van der Waals surface area (Å²) in [6.07, 6.45) is 0.693. The highest BCUT2D eigenvalue weighted by atomic mass is 32.2. The van der Waals surface area contributed by atoms with E-state index < -0.39 is 10.0 Å². The van der Waals surface area contributed by atoms with Crippen LogP contribution in [0, 0.1) is 13.8 Å². The molecule has 1 amide bonds. The number of piperazine rings is 1. The minimum Gasteiger partial charge on any atom is -0.369 e. The lowest BCUT2D eigenvalue weighted by Gasteiger charge is -2.36. The van der Waals surface area contributed by atoms with E-state index in [1.165, 1.54) is 23.7 Å². The van der Waals surface area contributed by atoms with Crippen LogP contribution in [-0.2, 0) is 21.2 Å². The van der Waals surface area contributed by atoms with Crippen LogP contribution in [0.5, 0.6) is 0 Å². The van der Waals surface area contributed by atoms with Gasteiger partial charge in [-0.15, -0.1) is 0 Å². The molecule has 0 N–H and O–H groups in total. The number of hydrogen-bond donors (Lipinski definition) is 0. The Morgan fingerprint density at radius 3 is 2.31 bits per heavy atom. The minimum atomic E-state index is -3.54. The Bertz CT molecular complexity index is 1060. The van der Waals surface area contributed by atoms with Gasteiger partial charge in [0.25, 0.3) is 0 Å². The Kier molecular flexibility index (Phi) is 5.12. The number of aryl methyl sites for hydroxylation is 2. The molecule has 2 aliphatic heterocycles. The van der Waals surface area contributed by atoms with Gasteiger partial charge in [-0.05, 0) is 61.2 Å². The molecule has 0 bridgehead atoms. The first kappa shape index (κ1) is 19.9. The predicted molar refractivity (Wildman–Crippen MR) is 115 cm³/mol. The second kappa shape index (κ2) is 7.46. The average Bonchev–Trinajstić information content (AvgIpc) is 3.13. The molecule has 0 unspecified atom stereocenters. The van der Waals surface area contributed by atoms with Gasteiger partial charge >= 0.3 is 0 Å². The summed E-state index contributed by atoms with van der Waals surface area (Å²) >= 11 is 0. The van der Waals surface area contributed by atoms with Gasteiger partial charge in [-0.3, -0.25) is 4.79 Å². The van der Waals surface area contributed by atoms with Crippen molar-refractivity contribution in [3.8, 4) is 0 Å². The maximum atomic E-state index is 13.2. The highest BCUT2D eigenvalue weighted by molar-refractivity contribution is 7.89. The van der Waals surface area contributed by atoms with Crippen molar-refractivity contribution in [2.45, 2.75) is 32.1 Å². The molecule has 0 aromatic heterocycles. The summed E-state index contributed by atoms with van der Waals surface area (Å²) in [5.41, 5.74) is 5.36. The lowest BCUT2D eigenvalue weighted by Crippen LogP contribution is -2.48. The molecule has 0 atom stereocenters. The number of sulfonamides is 1. The van der Waals surface area contributed by atoms with Gasteiger partial charge in [0.05, 0.1) is 4.90 Å². The molecule has 2 aromatic carbocycles.